The van der Waals surface area contributed by atoms with Crippen molar-refractivity contribution in [3.8, 4) is 0 Å². The third-order valence-electron chi connectivity index (χ3n) is 4.72. The van der Waals surface area contributed by atoms with E-state index in [4.69, 9.17) is 0 Å². The number of carboxylic acid groups (broad SMARTS) is 1. The van der Waals surface area contributed by atoms with Crippen molar-refractivity contribution < 1.29 is 9.90 Å². The van der Waals surface area contributed by atoms with Gasteiger partial charge in [-0.15, -0.1) is 0 Å². The normalized spacial score (nSPS) is 21.9. The topological polar surface area (TPSA) is 37.3 Å². The molecule has 0 heterocycles. The lowest BCUT2D eigenvalue weighted by Crippen LogP contribution is -2.20. The summed E-state index contributed by atoms with van der Waals surface area (Å²) >= 11 is 0. The number of hydrogen-bond donors (Lipinski definition) is 1. The van der Waals surface area contributed by atoms with Crippen LogP contribution >= 0.6 is 0 Å². The van der Waals surface area contributed by atoms with Crippen LogP contribution in [0.1, 0.15) is 39.5 Å². The first kappa shape index (κ1) is 18.3. The van der Waals surface area contributed by atoms with Crippen LogP contribution in [0.5, 0.6) is 0 Å². The highest BCUT2D eigenvalue weighted by Gasteiger charge is 2.28. The lowest BCUT2D eigenvalue weighted by Gasteiger charge is -2.31. The fraction of sp³-hybridized carbons (Fsp3) is 0.409. The van der Waals surface area contributed by atoms with Gasteiger partial charge in [0.05, 0.1) is 5.92 Å². The molecule has 128 valence electrons. The summed E-state index contributed by atoms with van der Waals surface area (Å²) in [5.74, 6) is -1.02. The van der Waals surface area contributed by atoms with E-state index in [0.717, 1.165) is 12.8 Å². The Morgan fingerprint density at radius 3 is 2.21 bits per heavy atom. The Morgan fingerprint density at radius 2 is 1.67 bits per heavy atom. The van der Waals surface area contributed by atoms with Crippen LogP contribution in [-0.2, 0) is 4.79 Å². The van der Waals surface area contributed by atoms with E-state index >= 15 is 0 Å². The fourth-order valence-electron chi connectivity index (χ4n) is 3.07. The first-order valence-corrected chi connectivity index (χ1v) is 8.89. The van der Waals surface area contributed by atoms with Gasteiger partial charge in [-0.2, -0.15) is 0 Å². The molecule has 0 amide bonds. The summed E-state index contributed by atoms with van der Waals surface area (Å²) in [6.07, 6.45) is 29.5. The molecule has 2 rings (SSSR count). The predicted molar refractivity (Wildman–Crippen MR) is 101 cm³/mol. The zero-order chi connectivity index (χ0) is 17.5. The molecule has 0 saturated heterocycles. The highest BCUT2D eigenvalue weighted by atomic mass is 16.4. The third kappa shape index (κ3) is 4.47. The molecule has 1 spiro atoms. The Labute approximate surface area is 145 Å². The van der Waals surface area contributed by atoms with Crippen LogP contribution in [0.2, 0.25) is 0 Å². The van der Waals surface area contributed by atoms with Crippen LogP contribution < -0.4 is 0 Å². The van der Waals surface area contributed by atoms with E-state index in [-0.39, 0.29) is 16.7 Å². The molecule has 0 fully saturated rings. The Hall–Kier alpha value is -2.09. The first-order chi connectivity index (χ1) is 11.5. The number of hydrogen-bond acceptors (Lipinski definition) is 1. The molecule has 1 unspecified atom stereocenters. The number of carbonyl (C=O) groups is 1. The molecule has 0 aromatic heterocycles. The van der Waals surface area contributed by atoms with Gasteiger partial charge in [-0.05, 0) is 25.7 Å². The largest absolute Gasteiger partial charge is 0.481 e. The average molecular weight is 324 g/mol. The first-order valence-electron chi connectivity index (χ1n) is 8.89. The van der Waals surface area contributed by atoms with Crippen molar-refractivity contribution in [3.05, 3.63) is 72.9 Å². The molecular weight excluding hydrogens is 296 g/mol. The third-order valence-corrected chi connectivity index (χ3v) is 4.72. The van der Waals surface area contributed by atoms with Crippen LogP contribution in [0.15, 0.2) is 72.9 Å². The van der Waals surface area contributed by atoms with Crippen molar-refractivity contribution in [3.63, 3.8) is 0 Å². The van der Waals surface area contributed by atoms with Gasteiger partial charge in [0.25, 0.3) is 0 Å². The number of allylic oxidation sites excluding steroid dienone is 12. The fourth-order valence-corrected chi connectivity index (χ4v) is 3.07. The van der Waals surface area contributed by atoms with E-state index in [1.54, 1.807) is 0 Å². The minimum absolute atomic E-state index is 0.0946. The summed E-state index contributed by atoms with van der Waals surface area (Å²) in [7, 11) is 0. The summed E-state index contributed by atoms with van der Waals surface area (Å²) in [6.45, 7) is 4.04. The van der Waals surface area contributed by atoms with Crippen LogP contribution in [0.25, 0.3) is 0 Å². The molecule has 0 aromatic carbocycles. The monoisotopic (exact) mass is 324 g/mol. The van der Waals surface area contributed by atoms with Crippen LogP contribution in [0, 0.1) is 16.7 Å². The Balaban J connectivity index is 2.18. The van der Waals surface area contributed by atoms with E-state index in [2.05, 4.69) is 73.8 Å². The minimum Gasteiger partial charge on any atom is -0.481 e. The van der Waals surface area contributed by atoms with E-state index in [1.807, 2.05) is 13.0 Å². The van der Waals surface area contributed by atoms with Gasteiger partial charge >= 0.3 is 5.97 Å². The number of rotatable bonds is 7. The molecule has 2 aliphatic rings. The second kappa shape index (κ2) is 8.14. The highest BCUT2D eigenvalue weighted by Crippen LogP contribution is 2.39. The van der Waals surface area contributed by atoms with Crippen molar-refractivity contribution in [2.24, 2.45) is 16.7 Å². The van der Waals surface area contributed by atoms with Gasteiger partial charge in [0.15, 0.2) is 0 Å². The second-order valence-electron chi connectivity index (χ2n) is 6.60. The van der Waals surface area contributed by atoms with E-state index < -0.39 is 5.97 Å². The van der Waals surface area contributed by atoms with Gasteiger partial charge in [-0.25, -0.2) is 0 Å². The summed E-state index contributed by atoms with van der Waals surface area (Å²) < 4.78 is 0. The average Bonchev–Trinajstić information content (AvgIpc) is 2.60. The maximum absolute atomic E-state index is 11.2. The molecule has 2 aliphatic carbocycles. The van der Waals surface area contributed by atoms with Gasteiger partial charge in [-0.1, -0.05) is 86.8 Å². The summed E-state index contributed by atoms with van der Waals surface area (Å²) in [6, 6.07) is 0. The molecule has 0 aromatic rings. The molecule has 2 nitrogen and oxygen atoms in total. The molecule has 1 atom stereocenters. The lowest BCUT2D eigenvalue weighted by molar-refractivity contribution is -0.141. The maximum Gasteiger partial charge on any atom is 0.306 e. The number of aliphatic carboxylic acids is 1. The summed E-state index contributed by atoms with van der Waals surface area (Å²) in [5.41, 5.74) is -0.347. The van der Waals surface area contributed by atoms with Crippen LogP contribution in [-0.4, -0.2) is 11.1 Å². The zero-order valence-corrected chi connectivity index (χ0v) is 14.7. The molecular formula is C22H28O2. The van der Waals surface area contributed by atoms with Gasteiger partial charge < -0.3 is 5.11 Å². The molecule has 2 heteroatoms. The Morgan fingerprint density at radius 1 is 1.04 bits per heavy atom. The Kier molecular flexibility index (Phi) is 6.19. The molecule has 24 heavy (non-hydrogen) atoms. The SMILES string of the molecule is CC/C=C\C1(/C=C\CC(CC)C(=O)O)C=CC2(C=CCC=C2)C=C1. The predicted octanol–water partition coefficient (Wildman–Crippen LogP) is 5.62. The molecule has 0 saturated carbocycles. The molecule has 0 aliphatic heterocycles. The highest BCUT2D eigenvalue weighted by molar-refractivity contribution is 5.70. The molecule has 0 radical (unpaired) electrons. The Bertz CT molecular complexity index is 586. The van der Waals surface area contributed by atoms with Gasteiger partial charge in [0.2, 0.25) is 0 Å². The quantitative estimate of drug-likeness (QED) is 0.617. The van der Waals surface area contributed by atoms with Crippen molar-refractivity contribution in [1.82, 2.24) is 0 Å². The van der Waals surface area contributed by atoms with Gasteiger partial charge in [0.1, 0.15) is 0 Å². The summed E-state index contributed by atoms with van der Waals surface area (Å²) in [4.78, 5) is 11.2. The van der Waals surface area contributed by atoms with Crippen molar-refractivity contribution >= 4 is 5.97 Å². The second-order valence-corrected chi connectivity index (χ2v) is 6.60. The zero-order valence-electron chi connectivity index (χ0n) is 14.7. The van der Waals surface area contributed by atoms with Crippen LogP contribution in [0.3, 0.4) is 0 Å². The van der Waals surface area contributed by atoms with E-state index in [9.17, 15) is 9.90 Å². The minimum atomic E-state index is -0.716. The number of carboxylic acids is 1. The molecule has 1 N–H and O–H groups in total. The molecule has 0 bridgehead atoms. The van der Waals surface area contributed by atoms with E-state index in [1.165, 1.54) is 0 Å². The smallest absolute Gasteiger partial charge is 0.306 e. The van der Waals surface area contributed by atoms with Crippen molar-refractivity contribution in [1.29, 1.82) is 0 Å². The van der Waals surface area contributed by atoms with Crippen LogP contribution in [0.4, 0.5) is 0 Å². The lowest BCUT2D eigenvalue weighted by atomic mass is 9.73. The van der Waals surface area contributed by atoms with E-state index in [0.29, 0.717) is 12.8 Å². The standard InChI is InChI=1S/C22H28O2/c1-3-5-11-21(14-9-10-19(4-2)20(23)24)15-17-22(18-16-21)12-7-6-8-13-22/h5,7-9,11-19H,3-4,6,10H2,1-2H3,(H,23,24)/b11-5-,14-9-. The summed E-state index contributed by atoms with van der Waals surface area (Å²) in [5, 5.41) is 9.19. The van der Waals surface area contributed by atoms with Crippen molar-refractivity contribution in [2.75, 3.05) is 0 Å². The van der Waals surface area contributed by atoms with Gasteiger partial charge in [-0.3, -0.25) is 4.79 Å². The van der Waals surface area contributed by atoms with Crippen molar-refractivity contribution in [2.45, 2.75) is 39.5 Å². The maximum atomic E-state index is 11.2. The van der Waals surface area contributed by atoms with Gasteiger partial charge in [0, 0.05) is 10.8 Å².